The molecule has 0 aliphatic heterocycles. The summed E-state index contributed by atoms with van der Waals surface area (Å²) in [5, 5.41) is 3.56. The molecule has 1 saturated carbocycles. The van der Waals surface area contributed by atoms with Crippen LogP contribution in [0.2, 0.25) is 0 Å². The third kappa shape index (κ3) is 3.82. The van der Waals surface area contributed by atoms with Crippen LogP contribution in [0.25, 0.3) is 0 Å². The number of nitrogens with zero attached hydrogens (tertiary/aromatic N) is 2. The van der Waals surface area contributed by atoms with E-state index in [2.05, 4.69) is 18.4 Å². The van der Waals surface area contributed by atoms with Crippen molar-refractivity contribution in [3.63, 3.8) is 0 Å². The lowest BCUT2D eigenvalue weighted by atomic mass is 9.86. The number of hydrogen-bond acceptors (Lipinski definition) is 3. The molecule has 1 aromatic heterocycles. The van der Waals surface area contributed by atoms with Crippen molar-refractivity contribution < 1.29 is 0 Å². The van der Waals surface area contributed by atoms with Crippen LogP contribution in [-0.4, -0.2) is 23.1 Å². The van der Waals surface area contributed by atoms with E-state index in [4.69, 9.17) is 9.97 Å². The van der Waals surface area contributed by atoms with Gasteiger partial charge in [-0.05, 0) is 63.1 Å². The van der Waals surface area contributed by atoms with E-state index in [0.717, 1.165) is 37.7 Å². The van der Waals surface area contributed by atoms with Gasteiger partial charge in [-0.1, -0.05) is 26.2 Å². The topological polar surface area (TPSA) is 37.8 Å². The Kier molecular flexibility index (Phi) is 5.23. The lowest BCUT2D eigenvalue weighted by molar-refractivity contribution is 0.408. The molecule has 0 amide bonds. The van der Waals surface area contributed by atoms with E-state index in [1.165, 1.54) is 56.2 Å². The van der Waals surface area contributed by atoms with Crippen LogP contribution in [-0.2, 0) is 12.8 Å². The average molecular weight is 287 g/mol. The van der Waals surface area contributed by atoms with E-state index in [1.807, 2.05) is 0 Å². The van der Waals surface area contributed by atoms with Crippen LogP contribution in [0.15, 0.2) is 6.20 Å². The van der Waals surface area contributed by atoms with Crippen LogP contribution in [0.1, 0.15) is 74.9 Å². The highest BCUT2D eigenvalue weighted by Crippen LogP contribution is 2.32. The van der Waals surface area contributed by atoms with Crippen molar-refractivity contribution >= 4 is 0 Å². The largest absolute Gasteiger partial charge is 0.316 e. The zero-order chi connectivity index (χ0) is 14.5. The fourth-order valence-electron chi connectivity index (χ4n) is 3.81. The molecule has 1 fully saturated rings. The second-order valence-corrected chi connectivity index (χ2v) is 6.85. The van der Waals surface area contributed by atoms with Crippen LogP contribution < -0.4 is 5.32 Å². The third-order valence-corrected chi connectivity index (χ3v) is 5.10. The first-order valence-electron chi connectivity index (χ1n) is 8.92. The van der Waals surface area contributed by atoms with Crippen molar-refractivity contribution in [2.45, 2.75) is 70.6 Å². The molecule has 3 nitrogen and oxygen atoms in total. The van der Waals surface area contributed by atoms with E-state index < -0.39 is 0 Å². The monoisotopic (exact) mass is 287 g/mol. The van der Waals surface area contributed by atoms with Crippen LogP contribution in [0.5, 0.6) is 0 Å². The molecule has 1 unspecified atom stereocenters. The van der Waals surface area contributed by atoms with Gasteiger partial charge in [0, 0.05) is 17.8 Å². The van der Waals surface area contributed by atoms with Crippen molar-refractivity contribution in [2.24, 2.45) is 5.92 Å². The van der Waals surface area contributed by atoms with E-state index in [0.29, 0.717) is 5.92 Å². The van der Waals surface area contributed by atoms with Crippen molar-refractivity contribution in [1.82, 2.24) is 15.3 Å². The van der Waals surface area contributed by atoms with E-state index in [-0.39, 0.29) is 0 Å². The molecule has 3 heteroatoms. The molecule has 2 aliphatic rings. The highest BCUT2D eigenvalue weighted by molar-refractivity contribution is 5.22. The molecule has 2 aliphatic carbocycles. The summed E-state index contributed by atoms with van der Waals surface area (Å²) in [5.41, 5.74) is 2.75. The van der Waals surface area contributed by atoms with Gasteiger partial charge in [-0.25, -0.2) is 9.97 Å². The summed E-state index contributed by atoms with van der Waals surface area (Å²) in [6, 6.07) is 0. The Morgan fingerprint density at radius 1 is 1.19 bits per heavy atom. The Hall–Kier alpha value is -0.960. The highest BCUT2D eigenvalue weighted by Gasteiger charge is 2.23. The van der Waals surface area contributed by atoms with Crippen LogP contribution in [0.3, 0.4) is 0 Å². The standard InChI is InChI=1S/C18H29N3/c1-2-10-19-12-14-8-9-17-16(11-14)13-20-18(21-17)15-6-4-3-5-7-15/h13-15,19H,2-12H2,1H3. The summed E-state index contributed by atoms with van der Waals surface area (Å²) in [7, 11) is 0. The summed E-state index contributed by atoms with van der Waals surface area (Å²) < 4.78 is 0. The number of nitrogens with one attached hydrogen (secondary N) is 1. The summed E-state index contributed by atoms with van der Waals surface area (Å²) in [5.74, 6) is 2.54. The maximum Gasteiger partial charge on any atom is 0.131 e. The molecule has 3 rings (SSSR count). The minimum atomic E-state index is 0.632. The normalized spacial score (nSPS) is 23.0. The Morgan fingerprint density at radius 3 is 2.86 bits per heavy atom. The number of fused-ring (bicyclic) bond motifs is 1. The molecule has 0 aromatic carbocycles. The quantitative estimate of drug-likeness (QED) is 0.840. The first-order valence-corrected chi connectivity index (χ1v) is 8.92. The zero-order valence-corrected chi connectivity index (χ0v) is 13.4. The Morgan fingerprint density at radius 2 is 2.05 bits per heavy atom. The van der Waals surface area contributed by atoms with Crippen LogP contribution in [0, 0.1) is 5.92 Å². The second-order valence-electron chi connectivity index (χ2n) is 6.85. The molecule has 116 valence electrons. The van der Waals surface area contributed by atoms with Gasteiger partial charge in [-0.2, -0.15) is 0 Å². The smallest absolute Gasteiger partial charge is 0.131 e. The fourth-order valence-corrected chi connectivity index (χ4v) is 3.81. The predicted octanol–water partition coefficient (Wildman–Crippen LogP) is 3.63. The second kappa shape index (κ2) is 7.35. The van der Waals surface area contributed by atoms with Gasteiger partial charge in [-0.3, -0.25) is 0 Å². The molecule has 1 atom stereocenters. The fraction of sp³-hybridized carbons (Fsp3) is 0.778. The lowest BCUT2D eigenvalue weighted by Gasteiger charge is -2.26. The first kappa shape index (κ1) is 15.0. The van der Waals surface area contributed by atoms with Crippen LogP contribution in [0.4, 0.5) is 0 Å². The Balaban J connectivity index is 1.62. The van der Waals surface area contributed by atoms with Gasteiger partial charge < -0.3 is 5.32 Å². The van der Waals surface area contributed by atoms with Crippen molar-refractivity contribution in [2.75, 3.05) is 13.1 Å². The summed E-state index contributed by atoms with van der Waals surface area (Å²) in [6.45, 7) is 4.52. The minimum Gasteiger partial charge on any atom is -0.316 e. The average Bonchev–Trinajstić information content (AvgIpc) is 2.55. The number of rotatable bonds is 5. The first-order chi connectivity index (χ1) is 10.4. The van der Waals surface area contributed by atoms with Gasteiger partial charge >= 0.3 is 0 Å². The lowest BCUT2D eigenvalue weighted by Crippen LogP contribution is -2.28. The van der Waals surface area contributed by atoms with Gasteiger partial charge in [-0.15, -0.1) is 0 Å². The van der Waals surface area contributed by atoms with Gasteiger partial charge in [0.1, 0.15) is 5.82 Å². The van der Waals surface area contributed by atoms with E-state index in [9.17, 15) is 0 Å². The van der Waals surface area contributed by atoms with Gasteiger partial charge in [0.2, 0.25) is 0 Å². The van der Waals surface area contributed by atoms with E-state index in [1.54, 1.807) is 0 Å². The predicted molar refractivity (Wildman–Crippen MR) is 86.5 cm³/mol. The molecule has 0 bridgehead atoms. The highest BCUT2D eigenvalue weighted by atomic mass is 14.9. The molecule has 1 heterocycles. The summed E-state index contributed by atoms with van der Waals surface area (Å²) >= 11 is 0. The van der Waals surface area contributed by atoms with E-state index >= 15 is 0 Å². The van der Waals surface area contributed by atoms with Crippen LogP contribution >= 0.6 is 0 Å². The Bertz CT molecular complexity index is 452. The van der Waals surface area contributed by atoms with Crippen molar-refractivity contribution in [3.8, 4) is 0 Å². The molecule has 0 saturated heterocycles. The van der Waals surface area contributed by atoms with Crippen molar-refractivity contribution in [1.29, 1.82) is 0 Å². The minimum absolute atomic E-state index is 0.632. The number of aryl methyl sites for hydroxylation is 1. The summed E-state index contributed by atoms with van der Waals surface area (Å²) in [4.78, 5) is 9.65. The van der Waals surface area contributed by atoms with Crippen molar-refractivity contribution in [3.05, 3.63) is 23.3 Å². The molecule has 0 spiro atoms. The molecule has 0 radical (unpaired) electrons. The van der Waals surface area contributed by atoms with Gasteiger partial charge in [0.25, 0.3) is 0 Å². The zero-order valence-electron chi connectivity index (χ0n) is 13.4. The molecule has 1 aromatic rings. The molecule has 1 N–H and O–H groups in total. The molecular weight excluding hydrogens is 258 g/mol. The third-order valence-electron chi connectivity index (χ3n) is 5.10. The van der Waals surface area contributed by atoms with Gasteiger partial charge in [0.15, 0.2) is 0 Å². The maximum absolute atomic E-state index is 4.94. The molecular formula is C18H29N3. The molecule has 21 heavy (non-hydrogen) atoms. The number of aromatic nitrogens is 2. The maximum atomic E-state index is 4.94. The van der Waals surface area contributed by atoms with Gasteiger partial charge in [0.05, 0.1) is 0 Å². The Labute approximate surface area is 129 Å². The summed E-state index contributed by atoms with van der Waals surface area (Å²) in [6.07, 6.45) is 13.7. The number of hydrogen-bond donors (Lipinski definition) is 1. The SMILES string of the molecule is CCCNCC1CCc2nc(C3CCCCC3)ncc2C1.